The van der Waals surface area contributed by atoms with E-state index in [1.807, 2.05) is 20.8 Å². The first kappa shape index (κ1) is 21.5. The molecule has 0 aromatic heterocycles. The topological polar surface area (TPSA) is 83.5 Å². The van der Waals surface area contributed by atoms with Crippen LogP contribution in [-0.2, 0) is 23.3 Å². The molecule has 0 fully saturated rings. The number of benzene rings is 1. The number of phosphoric ester groups is 1. The van der Waals surface area contributed by atoms with Crippen molar-refractivity contribution in [3.8, 4) is 5.75 Å². The van der Waals surface area contributed by atoms with Crippen LogP contribution >= 0.6 is 7.82 Å². The maximum Gasteiger partial charge on any atom is 0.587 e. The van der Waals surface area contributed by atoms with Crippen LogP contribution in [0.3, 0.4) is 0 Å². The molecule has 0 amide bonds. The fourth-order valence-electron chi connectivity index (χ4n) is 1.85. The largest absolute Gasteiger partial charge is 0.587 e. The average Bonchev–Trinajstić information content (AvgIpc) is 2.52. The van der Waals surface area contributed by atoms with Gasteiger partial charge in [0.15, 0.2) is 0 Å². The second-order valence-electron chi connectivity index (χ2n) is 6.23. The van der Waals surface area contributed by atoms with Gasteiger partial charge in [-0.05, 0) is 17.5 Å². The van der Waals surface area contributed by atoms with Crippen LogP contribution in [0.4, 0.5) is 0 Å². The van der Waals surface area contributed by atoms with Gasteiger partial charge in [-0.2, -0.15) is 0 Å². The quantitative estimate of drug-likeness (QED) is 0.379. The zero-order chi connectivity index (χ0) is 18.9. The van der Waals surface area contributed by atoms with E-state index in [0.29, 0.717) is 18.8 Å². The molecule has 1 aromatic rings. The third kappa shape index (κ3) is 7.92. The molecule has 7 nitrogen and oxygen atoms in total. The van der Waals surface area contributed by atoms with Crippen molar-refractivity contribution in [3.05, 3.63) is 41.9 Å². The number of para-hydroxylation sites is 1. The molecule has 0 spiro atoms. The van der Waals surface area contributed by atoms with Crippen LogP contribution in [0, 0.1) is 5.41 Å². The van der Waals surface area contributed by atoms with E-state index in [0.717, 1.165) is 0 Å². The Labute approximate surface area is 149 Å². The van der Waals surface area contributed by atoms with Crippen LogP contribution in [0.2, 0.25) is 0 Å². The lowest BCUT2D eigenvalue weighted by Gasteiger charge is -2.26. The molecule has 0 aliphatic carbocycles. The zero-order valence-electron chi connectivity index (χ0n) is 15.4. The van der Waals surface area contributed by atoms with Crippen LogP contribution in [0.15, 0.2) is 41.9 Å². The van der Waals surface area contributed by atoms with Crippen molar-refractivity contribution in [2.24, 2.45) is 5.41 Å². The first-order chi connectivity index (χ1) is 11.7. The summed E-state index contributed by atoms with van der Waals surface area (Å²) >= 11 is 0. The normalized spacial score (nSPS) is 15.1. The molecule has 1 N–H and O–H groups in total. The maximum absolute atomic E-state index is 12.3. The van der Waals surface area contributed by atoms with Gasteiger partial charge < -0.3 is 23.3 Å². The molecule has 0 heterocycles. The minimum absolute atomic E-state index is 0.0910. The molecule has 1 rings (SSSR count). The third-order valence-corrected chi connectivity index (χ3v) is 4.02. The minimum Gasteiger partial charge on any atom is -0.468 e. The second kappa shape index (κ2) is 9.82. The summed E-state index contributed by atoms with van der Waals surface area (Å²) in [4.78, 5) is 10.0. The molecular formula is C17H27O7P. The Balaban J connectivity index is 2.95. The number of phosphoric acid groups is 1. The summed E-state index contributed by atoms with van der Waals surface area (Å²) in [5.41, 5.74) is 0.183. The summed E-state index contributed by atoms with van der Waals surface area (Å²) in [5.74, 6) is 0.129. The van der Waals surface area contributed by atoms with Crippen molar-refractivity contribution >= 4 is 7.82 Å². The number of ether oxygens (including phenoxy) is 3. The van der Waals surface area contributed by atoms with Crippen LogP contribution in [0.5, 0.6) is 5.75 Å². The summed E-state index contributed by atoms with van der Waals surface area (Å²) < 4.78 is 38.2. The molecule has 0 aliphatic rings. The van der Waals surface area contributed by atoms with Crippen molar-refractivity contribution in [1.29, 1.82) is 0 Å². The highest BCUT2D eigenvalue weighted by Crippen LogP contribution is 2.47. The smallest absolute Gasteiger partial charge is 0.468 e. The van der Waals surface area contributed by atoms with E-state index in [4.69, 9.17) is 23.3 Å². The Bertz CT molecular complexity index is 593. The van der Waals surface area contributed by atoms with Gasteiger partial charge in [0, 0.05) is 12.7 Å². The Morgan fingerprint density at radius 1 is 1.12 bits per heavy atom. The number of hydrogen-bond acceptors (Lipinski definition) is 6. The van der Waals surface area contributed by atoms with Crippen LogP contribution in [0.25, 0.3) is 0 Å². The van der Waals surface area contributed by atoms with Gasteiger partial charge in [0.05, 0.1) is 26.9 Å². The Hall–Kier alpha value is -1.53. The van der Waals surface area contributed by atoms with Gasteiger partial charge in [0.25, 0.3) is 5.95 Å². The minimum atomic E-state index is -4.42. The summed E-state index contributed by atoms with van der Waals surface area (Å²) in [6.07, 6.45) is 0. The zero-order valence-corrected chi connectivity index (χ0v) is 16.2. The lowest BCUT2D eigenvalue weighted by atomic mass is 9.87. The Morgan fingerprint density at radius 2 is 1.76 bits per heavy atom. The molecule has 0 saturated carbocycles. The molecule has 0 aliphatic heterocycles. The van der Waals surface area contributed by atoms with E-state index in [2.05, 4.69) is 0 Å². The first-order valence-corrected chi connectivity index (χ1v) is 9.30. The van der Waals surface area contributed by atoms with E-state index in [-0.39, 0.29) is 18.3 Å². The Morgan fingerprint density at radius 3 is 2.28 bits per heavy atom. The summed E-state index contributed by atoms with van der Waals surface area (Å²) in [7, 11) is -1.48. The van der Waals surface area contributed by atoms with Crippen LogP contribution in [0.1, 0.15) is 20.8 Å². The van der Waals surface area contributed by atoms with E-state index >= 15 is 0 Å². The highest BCUT2D eigenvalue weighted by atomic mass is 31.2. The van der Waals surface area contributed by atoms with Crippen LogP contribution in [-0.4, -0.2) is 38.9 Å². The number of hydrogen-bond donors (Lipinski definition) is 1. The fourth-order valence-corrected chi connectivity index (χ4v) is 2.67. The molecule has 142 valence electrons. The van der Waals surface area contributed by atoms with Gasteiger partial charge >= 0.3 is 7.82 Å². The monoisotopic (exact) mass is 374 g/mol. The SMILES string of the molecule is COCCOCC(=C(OC)OP(=O)(O)Oc1ccccc1)C(C)(C)C. The summed E-state index contributed by atoms with van der Waals surface area (Å²) in [6, 6.07) is 8.26. The van der Waals surface area contributed by atoms with Crippen molar-refractivity contribution in [2.45, 2.75) is 20.8 Å². The highest BCUT2D eigenvalue weighted by Gasteiger charge is 2.32. The van der Waals surface area contributed by atoms with Gasteiger partial charge in [0.2, 0.25) is 0 Å². The van der Waals surface area contributed by atoms with E-state index in [9.17, 15) is 9.46 Å². The average molecular weight is 374 g/mol. The van der Waals surface area contributed by atoms with E-state index in [1.165, 1.54) is 7.11 Å². The molecule has 0 bridgehead atoms. The fraction of sp³-hybridized carbons (Fsp3) is 0.529. The van der Waals surface area contributed by atoms with Crippen molar-refractivity contribution < 1.29 is 32.7 Å². The Kier molecular flexibility index (Phi) is 8.45. The lowest BCUT2D eigenvalue weighted by Crippen LogP contribution is -2.20. The van der Waals surface area contributed by atoms with Gasteiger partial charge in [-0.15, -0.1) is 0 Å². The van der Waals surface area contributed by atoms with Gasteiger partial charge in [-0.25, -0.2) is 4.57 Å². The predicted octanol–water partition coefficient (Wildman–Crippen LogP) is 3.75. The van der Waals surface area contributed by atoms with Gasteiger partial charge in [-0.1, -0.05) is 39.0 Å². The summed E-state index contributed by atoms with van der Waals surface area (Å²) in [6.45, 7) is 6.75. The van der Waals surface area contributed by atoms with E-state index in [1.54, 1.807) is 37.4 Å². The molecule has 8 heteroatoms. The van der Waals surface area contributed by atoms with Crippen LogP contribution < -0.4 is 4.52 Å². The van der Waals surface area contributed by atoms with Crippen molar-refractivity contribution in [2.75, 3.05) is 34.0 Å². The van der Waals surface area contributed by atoms with Gasteiger partial charge in [-0.3, -0.25) is 4.89 Å². The van der Waals surface area contributed by atoms with Gasteiger partial charge in [0.1, 0.15) is 5.75 Å². The molecule has 0 radical (unpaired) electrons. The molecular weight excluding hydrogens is 347 g/mol. The second-order valence-corrected chi connectivity index (χ2v) is 7.53. The first-order valence-electron chi connectivity index (χ1n) is 7.81. The molecule has 0 saturated heterocycles. The number of rotatable bonds is 10. The lowest BCUT2D eigenvalue weighted by molar-refractivity contribution is 0.0627. The standard InChI is InChI=1S/C17H27O7P/c1-17(2,3)15(13-22-12-11-20-4)16(21-5)24-25(18,19)23-14-9-7-6-8-10-14/h6-10H,11-13H2,1-5H3,(H,18,19). The van der Waals surface area contributed by atoms with E-state index < -0.39 is 13.2 Å². The number of methoxy groups -OCH3 is 2. The molecule has 1 unspecified atom stereocenters. The third-order valence-electron chi connectivity index (χ3n) is 3.18. The predicted molar refractivity (Wildman–Crippen MR) is 94.2 cm³/mol. The summed E-state index contributed by atoms with van der Waals surface area (Å²) in [5, 5.41) is 0. The van der Waals surface area contributed by atoms with Crippen molar-refractivity contribution in [1.82, 2.24) is 0 Å². The maximum atomic E-state index is 12.3. The molecule has 1 atom stereocenters. The highest BCUT2D eigenvalue weighted by molar-refractivity contribution is 7.48. The molecule has 25 heavy (non-hydrogen) atoms. The molecule has 1 aromatic carbocycles. The van der Waals surface area contributed by atoms with Crippen molar-refractivity contribution in [3.63, 3.8) is 0 Å².